The molecule has 0 atom stereocenters. The van der Waals surface area contributed by atoms with Gasteiger partial charge in [0.1, 0.15) is 11.3 Å². The maximum Gasteiger partial charge on any atom is 0.363 e. The fourth-order valence-electron chi connectivity index (χ4n) is 3.74. The van der Waals surface area contributed by atoms with E-state index in [9.17, 15) is 9.59 Å². The van der Waals surface area contributed by atoms with Crippen molar-refractivity contribution in [3.63, 3.8) is 0 Å². The molecular weight excluding hydrogens is 470 g/mol. The number of benzene rings is 3. The molecule has 3 aromatic carbocycles. The average molecular weight is 500 g/mol. The van der Waals surface area contributed by atoms with Crippen LogP contribution in [-0.2, 0) is 14.9 Å². The van der Waals surface area contributed by atoms with E-state index in [0.717, 1.165) is 5.56 Å². The van der Waals surface area contributed by atoms with Gasteiger partial charge in [0.25, 0.3) is 0 Å². The molecule has 0 aromatic heterocycles. The Bertz CT molecular complexity index is 1380. The van der Waals surface area contributed by atoms with Crippen LogP contribution in [0.15, 0.2) is 77.4 Å². The summed E-state index contributed by atoms with van der Waals surface area (Å²) in [7, 11) is 1.49. The number of carbonyl (C=O) groups excluding carboxylic acids is 2. The summed E-state index contributed by atoms with van der Waals surface area (Å²) in [4.78, 5) is 29.7. The molecule has 0 radical (unpaired) electrons. The fraction of sp³-hybridized carbons (Fsp3) is 0.233. The molecule has 0 bridgehead atoms. The topological polar surface area (TPSA) is 83.4 Å². The minimum absolute atomic E-state index is 0.0175. The van der Waals surface area contributed by atoms with E-state index in [1.54, 1.807) is 48.5 Å². The molecule has 0 saturated heterocycles. The van der Waals surface area contributed by atoms with Crippen LogP contribution in [0.4, 0.5) is 0 Å². The van der Waals surface area contributed by atoms with E-state index in [2.05, 4.69) is 25.8 Å². The van der Waals surface area contributed by atoms with Gasteiger partial charge in [0, 0.05) is 5.56 Å². The number of cyclic esters (lactones) is 1. The molecule has 1 aliphatic heterocycles. The highest BCUT2D eigenvalue weighted by atomic mass is 16.6. The molecular formula is C30H29NO6. The smallest absolute Gasteiger partial charge is 0.363 e. The average Bonchev–Trinajstić information content (AvgIpc) is 3.25. The summed E-state index contributed by atoms with van der Waals surface area (Å²) in [6.45, 7) is 8.59. The van der Waals surface area contributed by atoms with Gasteiger partial charge in [-0.05, 0) is 65.9 Å². The normalized spacial score (nSPS) is 14.2. The highest BCUT2D eigenvalue weighted by Crippen LogP contribution is 2.32. The predicted molar refractivity (Wildman–Crippen MR) is 141 cm³/mol. The van der Waals surface area contributed by atoms with Crippen LogP contribution >= 0.6 is 0 Å². The van der Waals surface area contributed by atoms with Gasteiger partial charge in [0.05, 0.1) is 13.7 Å². The number of ether oxygens (including phenoxy) is 4. The third-order valence-electron chi connectivity index (χ3n) is 5.72. The first-order chi connectivity index (χ1) is 17.7. The lowest BCUT2D eigenvalue weighted by atomic mass is 9.87. The van der Waals surface area contributed by atoms with Crippen molar-refractivity contribution >= 4 is 23.9 Å². The first kappa shape index (κ1) is 25.7. The number of aliphatic imine (C=N–C) groups is 1. The van der Waals surface area contributed by atoms with E-state index in [0.29, 0.717) is 29.2 Å². The number of hydrogen-bond acceptors (Lipinski definition) is 7. The molecule has 4 rings (SSSR count). The first-order valence-electron chi connectivity index (χ1n) is 11.9. The molecule has 0 fully saturated rings. The second-order valence-corrected chi connectivity index (χ2v) is 9.39. The van der Waals surface area contributed by atoms with E-state index in [1.807, 2.05) is 31.2 Å². The van der Waals surface area contributed by atoms with Crippen molar-refractivity contribution in [3.8, 4) is 17.2 Å². The van der Waals surface area contributed by atoms with Gasteiger partial charge in [-0.3, -0.25) is 0 Å². The standard InChI is InChI=1S/C30H29NO6/c1-6-35-26-18-19(11-16-25(26)36-28(32)22-9-7-8-10-24(22)34-5)17-23-29(33)37-27(31-23)20-12-14-21(15-13-20)30(2,3)4/h7-18H,6H2,1-5H3. The Kier molecular flexibility index (Phi) is 7.43. The maximum atomic E-state index is 12.8. The fourth-order valence-corrected chi connectivity index (χ4v) is 3.74. The lowest BCUT2D eigenvalue weighted by Gasteiger charge is -2.18. The van der Waals surface area contributed by atoms with E-state index in [-0.39, 0.29) is 22.8 Å². The highest BCUT2D eigenvalue weighted by Gasteiger charge is 2.25. The van der Waals surface area contributed by atoms with Gasteiger partial charge in [-0.2, -0.15) is 0 Å². The zero-order chi connectivity index (χ0) is 26.6. The molecule has 1 heterocycles. The lowest BCUT2D eigenvalue weighted by Crippen LogP contribution is -2.11. The summed E-state index contributed by atoms with van der Waals surface area (Å²) in [6.07, 6.45) is 1.60. The Morgan fingerprint density at radius 2 is 1.70 bits per heavy atom. The Morgan fingerprint density at radius 1 is 0.973 bits per heavy atom. The Labute approximate surface area is 216 Å². The summed E-state index contributed by atoms with van der Waals surface area (Å²) in [5.74, 6) is 0.151. The third-order valence-corrected chi connectivity index (χ3v) is 5.72. The second-order valence-electron chi connectivity index (χ2n) is 9.39. The molecule has 0 spiro atoms. The molecule has 7 heteroatoms. The minimum atomic E-state index is -0.574. The zero-order valence-corrected chi connectivity index (χ0v) is 21.5. The van der Waals surface area contributed by atoms with Crippen molar-refractivity contribution in [2.24, 2.45) is 4.99 Å². The van der Waals surface area contributed by atoms with Crippen LogP contribution in [0.2, 0.25) is 0 Å². The number of methoxy groups -OCH3 is 1. The van der Waals surface area contributed by atoms with E-state index in [4.69, 9.17) is 18.9 Å². The highest BCUT2D eigenvalue weighted by molar-refractivity contribution is 6.12. The van der Waals surface area contributed by atoms with E-state index in [1.165, 1.54) is 12.7 Å². The second kappa shape index (κ2) is 10.7. The van der Waals surface area contributed by atoms with Crippen LogP contribution in [-0.4, -0.2) is 31.6 Å². The molecule has 190 valence electrons. The zero-order valence-electron chi connectivity index (χ0n) is 21.5. The molecule has 0 amide bonds. The van der Waals surface area contributed by atoms with Crippen LogP contribution in [0.1, 0.15) is 54.7 Å². The van der Waals surface area contributed by atoms with Crippen molar-refractivity contribution in [1.29, 1.82) is 0 Å². The molecule has 37 heavy (non-hydrogen) atoms. The number of rotatable bonds is 7. The number of esters is 2. The number of carbonyl (C=O) groups is 2. The van der Waals surface area contributed by atoms with Crippen LogP contribution in [0.5, 0.6) is 17.2 Å². The third kappa shape index (κ3) is 5.89. The predicted octanol–water partition coefficient (Wildman–Crippen LogP) is 5.96. The summed E-state index contributed by atoms with van der Waals surface area (Å²) in [6, 6.07) is 19.6. The van der Waals surface area contributed by atoms with Crippen molar-refractivity contribution in [2.75, 3.05) is 13.7 Å². The van der Waals surface area contributed by atoms with Gasteiger partial charge in [-0.25, -0.2) is 14.6 Å². The first-order valence-corrected chi connectivity index (χ1v) is 11.9. The number of hydrogen-bond donors (Lipinski definition) is 0. The van der Waals surface area contributed by atoms with E-state index < -0.39 is 11.9 Å². The van der Waals surface area contributed by atoms with Crippen molar-refractivity contribution in [3.05, 3.63) is 94.7 Å². The molecule has 3 aromatic rings. The van der Waals surface area contributed by atoms with Gasteiger partial charge < -0.3 is 18.9 Å². The van der Waals surface area contributed by atoms with E-state index >= 15 is 0 Å². The van der Waals surface area contributed by atoms with Crippen molar-refractivity contribution in [1.82, 2.24) is 0 Å². The Hall–Kier alpha value is -4.39. The van der Waals surface area contributed by atoms with Crippen LogP contribution in [0, 0.1) is 0 Å². The summed E-state index contributed by atoms with van der Waals surface area (Å²) in [5.41, 5.74) is 3.01. The molecule has 7 nitrogen and oxygen atoms in total. The quantitative estimate of drug-likeness (QED) is 0.227. The summed E-state index contributed by atoms with van der Waals surface area (Å²) in [5, 5.41) is 0. The molecule has 0 N–H and O–H groups in total. The Balaban J connectivity index is 1.58. The molecule has 0 saturated carbocycles. The van der Waals surface area contributed by atoms with Crippen LogP contribution < -0.4 is 14.2 Å². The maximum absolute atomic E-state index is 12.8. The number of para-hydroxylation sites is 1. The van der Waals surface area contributed by atoms with Crippen LogP contribution in [0.3, 0.4) is 0 Å². The van der Waals surface area contributed by atoms with Gasteiger partial charge >= 0.3 is 11.9 Å². The van der Waals surface area contributed by atoms with Gasteiger partial charge in [0.2, 0.25) is 5.90 Å². The number of nitrogens with zero attached hydrogens (tertiary/aromatic N) is 1. The molecule has 0 unspecified atom stereocenters. The SMILES string of the molecule is CCOc1cc(C=C2N=C(c3ccc(C(C)(C)C)cc3)OC2=O)ccc1OC(=O)c1ccccc1OC. The van der Waals surface area contributed by atoms with Crippen LogP contribution in [0.25, 0.3) is 6.08 Å². The van der Waals surface area contributed by atoms with Crippen molar-refractivity contribution in [2.45, 2.75) is 33.1 Å². The summed E-state index contributed by atoms with van der Waals surface area (Å²) >= 11 is 0. The molecule has 0 aliphatic carbocycles. The van der Waals surface area contributed by atoms with Gasteiger partial charge in [0.15, 0.2) is 17.2 Å². The monoisotopic (exact) mass is 499 g/mol. The van der Waals surface area contributed by atoms with Gasteiger partial charge in [-0.1, -0.05) is 51.1 Å². The minimum Gasteiger partial charge on any atom is -0.496 e. The Morgan fingerprint density at radius 3 is 2.38 bits per heavy atom. The largest absolute Gasteiger partial charge is 0.496 e. The summed E-state index contributed by atoms with van der Waals surface area (Å²) < 4.78 is 22.0. The lowest BCUT2D eigenvalue weighted by molar-refractivity contribution is -0.129. The van der Waals surface area contributed by atoms with Gasteiger partial charge in [-0.15, -0.1) is 0 Å². The van der Waals surface area contributed by atoms with Crippen molar-refractivity contribution < 1.29 is 28.5 Å². The molecule has 1 aliphatic rings.